The van der Waals surface area contributed by atoms with Crippen molar-refractivity contribution in [2.45, 2.75) is 11.4 Å². The minimum absolute atomic E-state index is 0.0255. The molecule has 3 aromatic carbocycles. The highest BCUT2D eigenvalue weighted by atomic mass is 32.2. The number of thioether (sulfide) groups is 1. The second kappa shape index (κ2) is 11.0. The molecule has 6 nitrogen and oxygen atoms in total. The van der Waals surface area contributed by atoms with Crippen LogP contribution in [0.3, 0.4) is 0 Å². The van der Waals surface area contributed by atoms with Crippen molar-refractivity contribution in [3.63, 3.8) is 0 Å². The number of aromatic nitrogens is 2. The van der Waals surface area contributed by atoms with E-state index in [0.29, 0.717) is 11.3 Å². The predicted octanol–water partition coefficient (Wildman–Crippen LogP) is 4.79. The summed E-state index contributed by atoms with van der Waals surface area (Å²) >= 11 is 1.33. The molecule has 1 N–H and O–H groups in total. The van der Waals surface area contributed by atoms with Crippen LogP contribution in [0.1, 0.15) is 15.9 Å². The molecule has 8 heteroatoms. The Morgan fingerprint density at radius 1 is 0.971 bits per heavy atom. The third-order valence-electron chi connectivity index (χ3n) is 5.35. The van der Waals surface area contributed by atoms with Crippen LogP contribution in [0, 0.1) is 5.82 Å². The number of amides is 2. The second-order valence-corrected chi connectivity index (χ2v) is 9.06. The highest BCUT2D eigenvalue weighted by Crippen LogP contribution is 2.26. The molecule has 0 saturated carbocycles. The molecule has 4 rings (SSSR count). The lowest BCUT2D eigenvalue weighted by atomic mass is 10.1. The van der Waals surface area contributed by atoms with Gasteiger partial charge in [-0.15, -0.1) is 11.8 Å². The Hall–Kier alpha value is -3.91. The second-order valence-electron chi connectivity index (χ2n) is 8.05. The first-order valence-corrected chi connectivity index (χ1v) is 12.0. The molecule has 0 aliphatic carbocycles. The van der Waals surface area contributed by atoms with E-state index in [-0.39, 0.29) is 29.9 Å². The average Bonchev–Trinajstić information content (AvgIpc) is 3.31. The predicted molar refractivity (Wildman–Crippen MR) is 136 cm³/mol. The zero-order valence-electron chi connectivity index (χ0n) is 19.4. The van der Waals surface area contributed by atoms with E-state index in [9.17, 15) is 14.0 Å². The number of carbonyl (C=O) groups is 2. The molecular formula is C27H25FN4O2S. The number of para-hydroxylation sites is 1. The van der Waals surface area contributed by atoms with E-state index in [1.165, 1.54) is 28.8 Å². The van der Waals surface area contributed by atoms with Crippen LogP contribution in [0.25, 0.3) is 16.9 Å². The maximum atomic E-state index is 13.5. The van der Waals surface area contributed by atoms with Crippen LogP contribution in [0.5, 0.6) is 0 Å². The fourth-order valence-electron chi connectivity index (χ4n) is 3.42. The molecule has 0 unspecified atom stereocenters. The number of nitrogens with one attached hydrogen (secondary N) is 1. The summed E-state index contributed by atoms with van der Waals surface area (Å²) in [5.74, 6) is -0.353. The summed E-state index contributed by atoms with van der Waals surface area (Å²) in [6, 6.07) is 23.0. The molecule has 0 aliphatic rings. The van der Waals surface area contributed by atoms with Gasteiger partial charge in [0.15, 0.2) is 0 Å². The summed E-state index contributed by atoms with van der Waals surface area (Å²) < 4.78 is 15.2. The Morgan fingerprint density at radius 3 is 2.37 bits per heavy atom. The van der Waals surface area contributed by atoms with Crippen LogP contribution in [0.2, 0.25) is 0 Å². The maximum Gasteiger partial charge on any atom is 0.252 e. The summed E-state index contributed by atoms with van der Waals surface area (Å²) in [6.45, 7) is 0.230. The lowest BCUT2D eigenvalue weighted by Gasteiger charge is -2.12. The summed E-state index contributed by atoms with van der Waals surface area (Å²) in [4.78, 5) is 27.3. The Balaban J connectivity index is 1.57. The van der Waals surface area contributed by atoms with E-state index in [1.807, 2.05) is 48.7 Å². The third-order valence-corrected chi connectivity index (χ3v) is 6.41. The van der Waals surface area contributed by atoms with Gasteiger partial charge in [-0.1, -0.05) is 30.3 Å². The van der Waals surface area contributed by atoms with E-state index >= 15 is 0 Å². The van der Waals surface area contributed by atoms with Crippen LogP contribution < -0.4 is 5.32 Å². The molecule has 0 atom stereocenters. The minimum atomic E-state index is -0.326. The van der Waals surface area contributed by atoms with Gasteiger partial charge >= 0.3 is 0 Å². The van der Waals surface area contributed by atoms with Gasteiger partial charge < -0.3 is 10.2 Å². The number of halogens is 1. The van der Waals surface area contributed by atoms with Crippen LogP contribution in [-0.4, -0.2) is 46.3 Å². The molecule has 1 heterocycles. The molecule has 0 radical (unpaired) electrons. The van der Waals surface area contributed by atoms with E-state index in [2.05, 4.69) is 5.32 Å². The van der Waals surface area contributed by atoms with Crippen molar-refractivity contribution in [2.75, 3.05) is 19.8 Å². The number of hydrogen-bond donors (Lipinski definition) is 1. The normalized spacial score (nSPS) is 10.7. The smallest absolute Gasteiger partial charge is 0.252 e. The number of nitrogens with zero attached hydrogens (tertiary/aromatic N) is 3. The Kier molecular flexibility index (Phi) is 7.62. The van der Waals surface area contributed by atoms with Gasteiger partial charge in [0.25, 0.3) is 5.91 Å². The molecular weight excluding hydrogens is 463 g/mol. The molecule has 35 heavy (non-hydrogen) atoms. The molecule has 2 amide bonds. The molecule has 4 aromatic rings. The van der Waals surface area contributed by atoms with Crippen molar-refractivity contribution >= 4 is 23.6 Å². The van der Waals surface area contributed by atoms with E-state index < -0.39 is 0 Å². The van der Waals surface area contributed by atoms with Gasteiger partial charge in [-0.3, -0.25) is 9.59 Å². The Morgan fingerprint density at radius 2 is 1.66 bits per heavy atom. The van der Waals surface area contributed by atoms with Crippen LogP contribution in [0.4, 0.5) is 4.39 Å². The fourth-order valence-corrected chi connectivity index (χ4v) is 4.45. The van der Waals surface area contributed by atoms with Gasteiger partial charge in [0.1, 0.15) is 5.82 Å². The topological polar surface area (TPSA) is 67.2 Å². The molecule has 178 valence electrons. The Bertz CT molecular complexity index is 1320. The molecule has 0 aliphatic heterocycles. The fraction of sp³-hybridized carbons (Fsp3) is 0.148. The van der Waals surface area contributed by atoms with E-state index in [4.69, 9.17) is 5.10 Å². The SMILES string of the molecule is CN(C)C(=O)CSc1ccccc1C(=O)NCc1cn(-c2ccccc2)nc1-c1ccc(F)cc1. The van der Waals surface area contributed by atoms with Crippen LogP contribution in [-0.2, 0) is 11.3 Å². The highest BCUT2D eigenvalue weighted by Gasteiger charge is 2.17. The summed E-state index contributed by atoms with van der Waals surface area (Å²) in [7, 11) is 3.41. The van der Waals surface area contributed by atoms with Crippen molar-refractivity contribution < 1.29 is 14.0 Å². The van der Waals surface area contributed by atoms with Gasteiger partial charge in [-0.05, 0) is 48.5 Å². The number of hydrogen-bond acceptors (Lipinski definition) is 4. The first-order chi connectivity index (χ1) is 16.9. The minimum Gasteiger partial charge on any atom is -0.348 e. The highest BCUT2D eigenvalue weighted by molar-refractivity contribution is 8.00. The van der Waals surface area contributed by atoms with Crippen molar-refractivity contribution in [2.24, 2.45) is 0 Å². The van der Waals surface area contributed by atoms with Crippen LogP contribution in [0.15, 0.2) is 90.0 Å². The standard InChI is InChI=1S/C27H25FN4O2S/c1-31(2)25(33)18-35-24-11-7-6-10-23(24)27(34)29-16-20-17-32(22-8-4-3-5-9-22)30-26(20)19-12-14-21(28)15-13-19/h3-15,17H,16,18H2,1-2H3,(H,29,34). The van der Waals surface area contributed by atoms with Crippen LogP contribution >= 0.6 is 11.8 Å². The van der Waals surface area contributed by atoms with Crippen molar-refractivity contribution in [3.05, 3.63) is 102 Å². The molecule has 0 spiro atoms. The first kappa shape index (κ1) is 24.2. The third kappa shape index (κ3) is 5.96. The summed E-state index contributed by atoms with van der Waals surface area (Å²) in [6.07, 6.45) is 1.87. The maximum absolute atomic E-state index is 13.5. The first-order valence-electron chi connectivity index (χ1n) is 11.0. The number of benzene rings is 3. The summed E-state index contributed by atoms with van der Waals surface area (Å²) in [5.41, 5.74) is 3.59. The number of rotatable bonds is 8. The molecule has 1 aromatic heterocycles. The lowest BCUT2D eigenvalue weighted by molar-refractivity contribution is -0.125. The molecule has 0 bridgehead atoms. The van der Waals surface area contributed by atoms with Gasteiger partial charge in [-0.2, -0.15) is 5.10 Å². The van der Waals surface area contributed by atoms with Gasteiger partial charge in [-0.25, -0.2) is 9.07 Å². The average molecular weight is 489 g/mol. The van der Waals surface area contributed by atoms with Gasteiger partial charge in [0.05, 0.1) is 22.7 Å². The monoisotopic (exact) mass is 488 g/mol. The van der Waals surface area contributed by atoms with E-state index in [1.54, 1.807) is 43.0 Å². The van der Waals surface area contributed by atoms with Crippen molar-refractivity contribution in [1.29, 1.82) is 0 Å². The molecule has 0 fully saturated rings. The largest absolute Gasteiger partial charge is 0.348 e. The lowest BCUT2D eigenvalue weighted by Crippen LogP contribution is -2.25. The molecule has 0 saturated heterocycles. The van der Waals surface area contributed by atoms with Gasteiger partial charge in [0, 0.05) is 42.9 Å². The zero-order valence-corrected chi connectivity index (χ0v) is 20.3. The quantitative estimate of drug-likeness (QED) is 0.362. The Labute approximate surface area is 207 Å². The summed E-state index contributed by atoms with van der Waals surface area (Å²) in [5, 5.41) is 7.69. The van der Waals surface area contributed by atoms with Crippen molar-refractivity contribution in [1.82, 2.24) is 20.0 Å². The van der Waals surface area contributed by atoms with Gasteiger partial charge in [0.2, 0.25) is 5.91 Å². The zero-order chi connectivity index (χ0) is 24.8. The number of carbonyl (C=O) groups excluding carboxylic acids is 2. The van der Waals surface area contributed by atoms with Crippen molar-refractivity contribution in [3.8, 4) is 16.9 Å². The van der Waals surface area contributed by atoms with E-state index in [0.717, 1.165) is 21.7 Å².